The summed E-state index contributed by atoms with van der Waals surface area (Å²) in [5.41, 5.74) is 0.907. The molecule has 0 fully saturated rings. The summed E-state index contributed by atoms with van der Waals surface area (Å²) >= 11 is 3.28. The summed E-state index contributed by atoms with van der Waals surface area (Å²) in [6.45, 7) is 0. The minimum absolute atomic E-state index is 0.602. The number of rotatable bonds is 2. The predicted molar refractivity (Wildman–Crippen MR) is 61.2 cm³/mol. The molecule has 0 aliphatic carbocycles. The fourth-order valence-electron chi connectivity index (χ4n) is 1.37. The molecule has 0 amide bonds. The molecule has 1 aromatic carbocycles. The lowest BCUT2D eigenvalue weighted by atomic mass is 10.2. The number of aromatic nitrogens is 2. The van der Waals surface area contributed by atoms with Gasteiger partial charge in [0.1, 0.15) is 0 Å². The van der Waals surface area contributed by atoms with E-state index >= 15 is 0 Å². The predicted octanol–water partition coefficient (Wildman–Crippen LogP) is 3.79. The van der Waals surface area contributed by atoms with Gasteiger partial charge in [0.15, 0.2) is 0 Å². The van der Waals surface area contributed by atoms with Crippen molar-refractivity contribution in [2.24, 2.45) is 0 Å². The SMILES string of the molecule is FC(F)(F)c1ccc(-n2cc(CBr)cn2)cc1. The molecule has 1 aromatic heterocycles. The van der Waals surface area contributed by atoms with Crippen molar-refractivity contribution in [1.82, 2.24) is 9.78 Å². The molecule has 0 saturated carbocycles. The van der Waals surface area contributed by atoms with Gasteiger partial charge in [0, 0.05) is 17.1 Å². The van der Waals surface area contributed by atoms with Crippen LogP contribution < -0.4 is 0 Å². The zero-order valence-electron chi connectivity index (χ0n) is 8.58. The molecular formula is C11H8BrF3N2. The lowest BCUT2D eigenvalue weighted by Crippen LogP contribution is -2.05. The van der Waals surface area contributed by atoms with Gasteiger partial charge in [-0.3, -0.25) is 0 Å². The van der Waals surface area contributed by atoms with Crippen molar-refractivity contribution < 1.29 is 13.2 Å². The van der Waals surface area contributed by atoms with E-state index in [1.165, 1.54) is 16.8 Å². The van der Waals surface area contributed by atoms with Crippen molar-refractivity contribution >= 4 is 15.9 Å². The molecule has 2 rings (SSSR count). The van der Waals surface area contributed by atoms with Gasteiger partial charge in [-0.15, -0.1) is 0 Å². The van der Waals surface area contributed by atoms with Crippen molar-refractivity contribution in [3.63, 3.8) is 0 Å². The molecule has 17 heavy (non-hydrogen) atoms. The smallest absolute Gasteiger partial charge is 0.241 e. The van der Waals surface area contributed by atoms with Gasteiger partial charge in [-0.1, -0.05) is 15.9 Å². The molecule has 2 nitrogen and oxygen atoms in total. The number of alkyl halides is 4. The van der Waals surface area contributed by atoms with Crippen LogP contribution in [0.15, 0.2) is 36.7 Å². The zero-order valence-corrected chi connectivity index (χ0v) is 10.2. The van der Waals surface area contributed by atoms with Crippen LogP contribution >= 0.6 is 15.9 Å². The van der Waals surface area contributed by atoms with Gasteiger partial charge in [0.25, 0.3) is 0 Å². The Morgan fingerprint density at radius 2 is 1.82 bits per heavy atom. The second-order valence-corrected chi connectivity index (χ2v) is 4.03. The van der Waals surface area contributed by atoms with Crippen molar-refractivity contribution in [1.29, 1.82) is 0 Å². The summed E-state index contributed by atoms with van der Waals surface area (Å²) in [7, 11) is 0. The highest BCUT2D eigenvalue weighted by Crippen LogP contribution is 2.29. The maximum atomic E-state index is 12.4. The number of benzene rings is 1. The molecule has 0 N–H and O–H groups in total. The maximum Gasteiger partial charge on any atom is 0.416 e. The zero-order chi connectivity index (χ0) is 12.5. The molecule has 0 atom stereocenters. The first-order chi connectivity index (χ1) is 8.00. The van der Waals surface area contributed by atoms with E-state index in [9.17, 15) is 13.2 Å². The fraction of sp³-hybridized carbons (Fsp3) is 0.182. The van der Waals surface area contributed by atoms with Crippen LogP contribution in [0.3, 0.4) is 0 Å². The van der Waals surface area contributed by atoms with E-state index in [1.54, 1.807) is 12.4 Å². The molecule has 0 unspecified atom stereocenters. The Kier molecular flexibility index (Phi) is 3.24. The van der Waals surface area contributed by atoms with E-state index < -0.39 is 11.7 Å². The third-order valence-electron chi connectivity index (χ3n) is 2.25. The van der Waals surface area contributed by atoms with Crippen LogP contribution in [0.5, 0.6) is 0 Å². The van der Waals surface area contributed by atoms with E-state index in [1.807, 2.05) is 0 Å². The lowest BCUT2D eigenvalue weighted by Gasteiger charge is -2.07. The number of nitrogens with zero attached hydrogens (tertiary/aromatic N) is 2. The minimum atomic E-state index is -4.30. The number of hydrogen-bond acceptors (Lipinski definition) is 1. The average Bonchev–Trinajstić information content (AvgIpc) is 2.76. The Balaban J connectivity index is 2.29. The first-order valence-corrected chi connectivity index (χ1v) is 5.90. The molecule has 0 radical (unpaired) electrons. The molecular weight excluding hydrogens is 297 g/mol. The minimum Gasteiger partial charge on any atom is -0.241 e. The van der Waals surface area contributed by atoms with Gasteiger partial charge < -0.3 is 0 Å². The van der Waals surface area contributed by atoms with Crippen LogP contribution in [0.4, 0.5) is 13.2 Å². The Morgan fingerprint density at radius 1 is 1.18 bits per heavy atom. The summed E-state index contributed by atoms with van der Waals surface area (Å²) in [5.74, 6) is 0. The highest BCUT2D eigenvalue weighted by Gasteiger charge is 2.29. The Hall–Kier alpha value is -1.30. The van der Waals surface area contributed by atoms with Crippen molar-refractivity contribution in [3.05, 3.63) is 47.8 Å². The molecule has 6 heteroatoms. The van der Waals surface area contributed by atoms with Crippen LogP contribution in [0.25, 0.3) is 5.69 Å². The molecule has 0 spiro atoms. The molecule has 1 heterocycles. The topological polar surface area (TPSA) is 17.8 Å². The van der Waals surface area contributed by atoms with Gasteiger partial charge in [-0.05, 0) is 24.3 Å². The maximum absolute atomic E-state index is 12.4. The van der Waals surface area contributed by atoms with Crippen LogP contribution in [0.1, 0.15) is 11.1 Å². The van der Waals surface area contributed by atoms with Crippen LogP contribution in [-0.2, 0) is 11.5 Å². The van der Waals surface area contributed by atoms with E-state index in [0.717, 1.165) is 17.7 Å². The number of halogens is 4. The standard InChI is InChI=1S/C11H8BrF3N2/c12-5-8-6-16-17(7-8)10-3-1-9(2-4-10)11(13,14)15/h1-4,6-7H,5H2. The largest absolute Gasteiger partial charge is 0.416 e. The van der Waals surface area contributed by atoms with Crippen LogP contribution in [0.2, 0.25) is 0 Å². The molecule has 0 aliphatic heterocycles. The fourth-order valence-corrected chi connectivity index (χ4v) is 1.66. The lowest BCUT2D eigenvalue weighted by molar-refractivity contribution is -0.137. The first-order valence-electron chi connectivity index (χ1n) is 4.78. The second kappa shape index (κ2) is 4.52. The summed E-state index contributed by atoms with van der Waals surface area (Å²) in [4.78, 5) is 0. The monoisotopic (exact) mass is 304 g/mol. The Morgan fingerprint density at radius 3 is 2.29 bits per heavy atom. The molecule has 2 aromatic rings. The van der Waals surface area contributed by atoms with E-state index in [4.69, 9.17) is 0 Å². The second-order valence-electron chi connectivity index (χ2n) is 3.47. The summed E-state index contributed by atoms with van der Waals surface area (Å²) in [6, 6.07) is 4.89. The third-order valence-corrected chi connectivity index (χ3v) is 2.90. The van der Waals surface area contributed by atoms with Gasteiger partial charge in [-0.2, -0.15) is 18.3 Å². The molecule has 90 valence electrons. The van der Waals surface area contributed by atoms with E-state index in [-0.39, 0.29) is 0 Å². The quantitative estimate of drug-likeness (QED) is 0.772. The summed E-state index contributed by atoms with van der Waals surface area (Å²) < 4.78 is 38.6. The number of hydrogen-bond donors (Lipinski definition) is 0. The molecule has 0 saturated heterocycles. The van der Waals surface area contributed by atoms with E-state index in [2.05, 4.69) is 21.0 Å². The average molecular weight is 305 g/mol. The van der Waals surface area contributed by atoms with Gasteiger partial charge in [0.2, 0.25) is 0 Å². The van der Waals surface area contributed by atoms with Crippen LogP contribution in [-0.4, -0.2) is 9.78 Å². The summed E-state index contributed by atoms with van der Waals surface area (Å²) in [6.07, 6.45) is -0.882. The third kappa shape index (κ3) is 2.69. The molecule has 0 bridgehead atoms. The first kappa shape index (κ1) is 12.2. The van der Waals surface area contributed by atoms with Gasteiger partial charge in [0.05, 0.1) is 17.4 Å². The Bertz CT molecular complexity index is 502. The van der Waals surface area contributed by atoms with Crippen molar-refractivity contribution in [2.75, 3.05) is 0 Å². The highest BCUT2D eigenvalue weighted by molar-refractivity contribution is 9.08. The van der Waals surface area contributed by atoms with E-state index in [0.29, 0.717) is 11.0 Å². The van der Waals surface area contributed by atoms with Crippen LogP contribution in [0, 0.1) is 0 Å². The van der Waals surface area contributed by atoms with Gasteiger partial charge in [-0.25, -0.2) is 4.68 Å². The molecule has 0 aliphatic rings. The van der Waals surface area contributed by atoms with Crippen molar-refractivity contribution in [2.45, 2.75) is 11.5 Å². The van der Waals surface area contributed by atoms with Gasteiger partial charge >= 0.3 is 6.18 Å². The Labute approximate surface area is 104 Å². The van der Waals surface area contributed by atoms with Crippen molar-refractivity contribution in [3.8, 4) is 5.69 Å². The summed E-state index contributed by atoms with van der Waals surface area (Å²) in [5, 5.41) is 4.71. The highest BCUT2D eigenvalue weighted by atomic mass is 79.9. The normalized spacial score (nSPS) is 11.8.